The maximum atomic E-state index is 12.6. The zero-order chi connectivity index (χ0) is 20.5. The molecule has 1 saturated heterocycles. The highest BCUT2D eigenvalue weighted by molar-refractivity contribution is 5.89. The third-order valence-electron chi connectivity index (χ3n) is 6.33. The molecule has 0 bridgehead atoms. The van der Waals surface area contributed by atoms with Gasteiger partial charge in [-0.2, -0.15) is 0 Å². The van der Waals surface area contributed by atoms with E-state index in [4.69, 9.17) is 4.74 Å². The van der Waals surface area contributed by atoms with Gasteiger partial charge in [-0.3, -0.25) is 9.78 Å². The lowest BCUT2D eigenvalue weighted by Crippen LogP contribution is -2.38. The Morgan fingerprint density at radius 1 is 1.00 bits per heavy atom. The Labute approximate surface area is 176 Å². The van der Waals surface area contributed by atoms with Crippen LogP contribution in [0.25, 0.3) is 0 Å². The fraction of sp³-hybridized carbons (Fsp3) is 0.435. The molecule has 3 amide bonds. The number of carbonyl (C=O) groups excluding carboxylic acids is 2. The minimum atomic E-state index is -0.124. The first-order chi connectivity index (χ1) is 14.7. The number of nitrogens with one attached hydrogen (secondary N) is 1. The number of ether oxygens (including phenoxy) is 1. The molecule has 0 spiro atoms. The van der Waals surface area contributed by atoms with Crippen LogP contribution in [0.4, 0.5) is 10.5 Å². The molecule has 5 rings (SSSR count). The molecule has 1 atom stereocenters. The van der Waals surface area contributed by atoms with Gasteiger partial charge in [0.25, 0.3) is 0 Å². The topological polar surface area (TPSA) is 74.8 Å². The number of amides is 3. The number of benzene rings is 1. The smallest absolute Gasteiger partial charge is 0.322 e. The Balaban J connectivity index is 1.12. The number of carbonyl (C=O) groups is 2. The number of likely N-dealkylation sites (tertiary alicyclic amines) is 1. The summed E-state index contributed by atoms with van der Waals surface area (Å²) >= 11 is 0. The van der Waals surface area contributed by atoms with Gasteiger partial charge in [0, 0.05) is 50.1 Å². The normalized spacial score (nSPS) is 20.6. The maximum Gasteiger partial charge on any atom is 0.322 e. The second kappa shape index (κ2) is 7.97. The highest BCUT2D eigenvalue weighted by atomic mass is 16.5. The Bertz CT molecular complexity index is 917. The molecule has 1 saturated carbocycles. The van der Waals surface area contributed by atoms with Crippen molar-refractivity contribution in [3.63, 3.8) is 0 Å². The molecule has 1 N–H and O–H groups in total. The highest BCUT2D eigenvalue weighted by Gasteiger charge is 2.34. The SMILES string of the molecule is O=C(Nc1ccc(OC2CCN(C(=O)C3CCC3)C2)cc1)N1Cc2ccncc2C1. The van der Waals surface area contributed by atoms with Gasteiger partial charge in [0.1, 0.15) is 11.9 Å². The third kappa shape index (κ3) is 3.84. The number of nitrogens with zero attached hydrogens (tertiary/aromatic N) is 3. The van der Waals surface area contributed by atoms with Gasteiger partial charge in [0.15, 0.2) is 0 Å². The van der Waals surface area contributed by atoms with Crippen molar-refractivity contribution in [2.75, 3.05) is 18.4 Å². The zero-order valence-electron chi connectivity index (χ0n) is 16.9. The van der Waals surface area contributed by atoms with Crippen molar-refractivity contribution < 1.29 is 14.3 Å². The van der Waals surface area contributed by atoms with E-state index >= 15 is 0 Å². The molecular formula is C23H26N4O3. The van der Waals surface area contributed by atoms with E-state index in [2.05, 4.69) is 10.3 Å². The van der Waals surface area contributed by atoms with Crippen molar-refractivity contribution in [3.05, 3.63) is 53.9 Å². The van der Waals surface area contributed by atoms with Crippen LogP contribution in [0.5, 0.6) is 5.75 Å². The average Bonchev–Trinajstić information content (AvgIpc) is 3.35. The number of urea groups is 1. The molecule has 156 valence electrons. The van der Waals surface area contributed by atoms with Crippen LogP contribution in [-0.4, -0.2) is 45.9 Å². The molecule has 2 aromatic rings. The van der Waals surface area contributed by atoms with Crippen LogP contribution in [-0.2, 0) is 17.9 Å². The predicted molar refractivity (Wildman–Crippen MR) is 112 cm³/mol. The fourth-order valence-electron chi connectivity index (χ4n) is 4.31. The Hall–Kier alpha value is -3.09. The van der Waals surface area contributed by atoms with Crippen LogP contribution >= 0.6 is 0 Å². The molecule has 1 unspecified atom stereocenters. The first-order valence-corrected chi connectivity index (χ1v) is 10.7. The van der Waals surface area contributed by atoms with Crippen molar-refractivity contribution in [1.29, 1.82) is 0 Å². The van der Waals surface area contributed by atoms with Crippen molar-refractivity contribution in [3.8, 4) is 5.75 Å². The van der Waals surface area contributed by atoms with Crippen molar-refractivity contribution in [2.24, 2.45) is 5.92 Å². The van der Waals surface area contributed by atoms with E-state index in [0.717, 1.165) is 48.4 Å². The van der Waals surface area contributed by atoms with E-state index in [9.17, 15) is 9.59 Å². The summed E-state index contributed by atoms with van der Waals surface area (Å²) in [5, 5.41) is 2.95. The number of aromatic nitrogens is 1. The maximum absolute atomic E-state index is 12.6. The quantitative estimate of drug-likeness (QED) is 0.844. The van der Waals surface area contributed by atoms with Crippen LogP contribution in [0.3, 0.4) is 0 Å². The molecule has 2 fully saturated rings. The van der Waals surface area contributed by atoms with Crippen LogP contribution in [0.1, 0.15) is 36.8 Å². The third-order valence-corrected chi connectivity index (χ3v) is 6.33. The summed E-state index contributed by atoms with van der Waals surface area (Å²) in [5.74, 6) is 1.30. The summed E-state index contributed by atoms with van der Waals surface area (Å²) in [6.07, 6.45) is 7.72. The summed E-state index contributed by atoms with van der Waals surface area (Å²) in [6.45, 7) is 2.62. The molecule has 7 nitrogen and oxygen atoms in total. The molecule has 1 aromatic heterocycles. The van der Waals surface area contributed by atoms with E-state index in [1.165, 1.54) is 6.42 Å². The first kappa shape index (κ1) is 18.9. The predicted octanol–water partition coefficient (Wildman–Crippen LogP) is 3.41. The van der Waals surface area contributed by atoms with Crippen LogP contribution in [0, 0.1) is 5.92 Å². The van der Waals surface area contributed by atoms with E-state index in [1.807, 2.05) is 41.4 Å². The molecule has 0 radical (unpaired) electrons. The van der Waals surface area contributed by atoms with Crippen molar-refractivity contribution in [2.45, 2.75) is 44.9 Å². The Morgan fingerprint density at radius 3 is 2.53 bits per heavy atom. The first-order valence-electron chi connectivity index (χ1n) is 10.7. The summed E-state index contributed by atoms with van der Waals surface area (Å²) in [7, 11) is 0. The number of anilines is 1. The standard InChI is InChI=1S/C23H26N4O3/c28-22(16-2-1-3-16)26-11-9-21(15-26)30-20-6-4-19(5-7-20)25-23(29)27-13-17-8-10-24-12-18(17)14-27/h4-8,10,12,16,21H,1-3,9,11,13-15H2,(H,25,29). The van der Waals surface area contributed by atoms with Gasteiger partial charge in [0.05, 0.1) is 6.54 Å². The molecule has 7 heteroatoms. The van der Waals surface area contributed by atoms with Gasteiger partial charge in [-0.15, -0.1) is 0 Å². The summed E-state index contributed by atoms with van der Waals surface area (Å²) in [5.41, 5.74) is 2.97. The molecule has 3 aliphatic rings. The number of hydrogen-bond acceptors (Lipinski definition) is 4. The average molecular weight is 406 g/mol. The molecule has 3 heterocycles. The summed E-state index contributed by atoms with van der Waals surface area (Å²) < 4.78 is 6.07. The Kier molecular flexibility index (Phi) is 5.02. The van der Waals surface area contributed by atoms with Gasteiger partial charge in [0.2, 0.25) is 5.91 Å². The second-order valence-corrected chi connectivity index (χ2v) is 8.40. The Morgan fingerprint density at radius 2 is 1.80 bits per heavy atom. The van der Waals surface area contributed by atoms with Crippen LogP contribution < -0.4 is 10.1 Å². The lowest BCUT2D eigenvalue weighted by Gasteiger charge is -2.29. The number of fused-ring (bicyclic) bond motifs is 1. The van der Waals surface area contributed by atoms with Gasteiger partial charge < -0.3 is 19.9 Å². The van der Waals surface area contributed by atoms with Crippen molar-refractivity contribution >= 4 is 17.6 Å². The zero-order valence-corrected chi connectivity index (χ0v) is 16.9. The van der Waals surface area contributed by atoms with Crippen LogP contribution in [0.2, 0.25) is 0 Å². The van der Waals surface area contributed by atoms with Crippen LogP contribution in [0.15, 0.2) is 42.7 Å². The molecule has 1 aliphatic carbocycles. The van der Waals surface area contributed by atoms with E-state index in [-0.39, 0.29) is 18.1 Å². The number of rotatable bonds is 4. The molecule has 30 heavy (non-hydrogen) atoms. The molecular weight excluding hydrogens is 380 g/mol. The summed E-state index contributed by atoms with van der Waals surface area (Å²) in [6, 6.07) is 9.28. The number of hydrogen-bond donors (Lipinski definition) is 1. The minimum absolute atomic E-state index is 0.0335. The van der Waals surface area contributed by atoms with Gasteiger partial charge in [-0.25, -0.2) is 4.79 Å². The highest BCUT2D eigenvalue weighted by Crippen LogP contribution is 2.30. The van der Waals surface area contributed by atoms with Gasteiger partial charge >= 0.3 is 6.03 Å². The number of pyridine rings is 1. The lowest BCUT2D eigenvalue weighted by atomic mass is 9.84. The second-order valence-electron chi connectivity index (χ2n) is 8.40. The van der Waals surface area contributed by atoms with E-state index < -0.39 is 0 Å². The lowest BCUT2D eigenvalue weighted by molar-refractivity contribution is -0.137. The molecule has 2 aliphatic heterocycles. The van der Waals surface area contributed by atoms with Gasteiger partial charge in [-0.1, -0.05) is 6.42 Å². The summed E-state index contributed by atoms with van der Waals surface area (Å²) in [4.78, 5) is 32.8. The molecule has 1 aromatic carbocycles. The van der Waals surface area contributed by atoms with Crippen molar-refractivity contribution in [1.82, 2.24) is 14.8 Å². The van der Waals surface area contributed by atoms with Gasteiger partial charge in [-0.05, 0) is 54.3 Å². The largest absolute Gasteiger partial charge is 0.489 e. The monoisotopic (exact) mass is 406 g/mol. The van der Waals surface area contributed by atoms with E-state index in [1.54, 1.807) is 11.1 Å². The van der Waals surface area contributed by atoms with E-state index in [0.29, 0.717) is 25.5 Å². The fourth-order valence-corrected chi connectivity index (χ4v) is 4.31. The minimum Gasteiger partial charge on any atom is -0.489 e.